The van der Waals surface area contributed by atoms with Gasteiger partial charge in [-0.05, 0) is 62.8 Å². The first-order chi connectivity index (χ1) is 17.3. The Bertz CT molecular complexity index is 1530. The molecule has 0 unspecified atom stereocenters. The van der Waals surface area contributed by atoms with Gasteiger partial charge in [0.2, 0.25) is 0 Å². The maximum absolute atomic E-state index is 13.9. The number of nitrogens with zero attached hydrogens (tertiary/aromatic N) is 5. The van der Waals surface area contributed by atoms with Crippen LogP contribution in [0, 0.1) is 38.4 Å². The van der Waals surface area contributed by atoms with E-state index in [9.17, 15) is 14.0 Å². The standard InChI is InChI=1S/C26H25FN6O2S/c1-13-7-14(2)33-24(30-13)20(10-29-33)25(34)28-11-21-19-9-17(19)12-32(21)26(35)22-23(36-15(3)31-22)16-5-4-6-18(27)8-16/h4-8,10,17,19,21H,9,11-12H2,1-3H3,(H,28,34)/t17-,19-,21-/m1/s1. The molecular formula is C26H25FN6O2S. The number of benzene rings is 1. The zero-order valence-corrected chi connectivity index (χ0v) is 21.0. The number of nitrogens with one attached hydrogen (secondary N) is 1. The number of carbonyl (C=O) groups is 2. The number of hydrogen-bond donors (Lipinski definition) is 1. The van der Waals surface area contributed by atoms with Crippen LogP contribution in [0.4, 0.5) is 4.39 Å². The van der Waals surface area contributed by atoms with Crippen LogP contribution in [0.15, 0.2) is 36.5 Å². The minimum atomic E-state index is -0.354. The van der Waals surface area contributed by atoms with Crippen molar-refractivity contribution >= 4 is 28.8 Å². The number of likely N-dealkylation sites (tertiary alicyclic amines) is 1. The molecule has 1 saturated carbocycles. The summed E-state index contributed by atoms with van der Waals surface area (Å²) in [5, 5.41) is 8.07. The summed E-state index contributed by atoms with van der Waals surface area (Å²) in [5.74, 6) is 0.0145. The SMILES string of the molecule is Cc1cc(C)n2ncc(C(=O)NC[C@@H]3[C@@H]4C[C@@H]4CN3C(=O)c3nc(C)sc3-c3cccc(F)c3)c2n1. The van der Waals surface area contributed by atoms with Gasteiger partial charge in [0, 0.05) is 24.5 Å². The molecule has 0 bridgehead atoms. The van der Waals surface area contributed by atoms with E-state index in [1.807, 2.05) is 31.7 Å². The second-order valence-electron chi connectivity index (χ2n) is 9.65. The first kappa shape index (κ1) is 22.8. The molecule has 1 aliphatic carbocycles. The molecule has 10 heteroatoms. The number of aromatic nitrogens is 4. The highest BCUT2D eigenvalue weighted by Crippen LogP contribution is 2.50. The predicted octanol–water partition coefficient (Wildman–Crippen LogP) is 3.81. The molecule has 1 N–H and O–H groups in total. The summed E-state index contributed by atoms with van der Waals surface area (Å²) in [6.07, 6.45) is 2.58. The van der Waals surface area contributed by atoms with Crippen molar-refractivity contribution in [1.82, 2.24) is 29.8 Å². The number of piperidine rings is 1. The normalized spacial score (nSPS) is 20.6. The van der Waals surface area contributed by atoms with Crippen LogP contribution in [0.3, 0.4) is 0 Å². The molecular weight excluding hydrogens is 479 g/mol. The molecule has 6 rings (SSSR count). The van der Waals surface area contributed by atoms with Crippen molar-refractivity contribution in [2.75, 3.05) is 13.1 Å². The van der Waals surface area contributed by atoms with Gasteiger partial charge >= 0.3 is 0 Å². The summed E-state index contributed by atoms with van der Waals surface area (Å²) in [4.78, 5) is 38.3. The van der Waals surface area contributed by atoms with Gasteiger partial charge in [0.1, 0.15) is 17.1 Å². The summed E-state index contributed by atoms with van der Waals surface area (Å²) in [7, 11) is 0. The molecule has 1 aromatic carbocycles. The lowest BCUT2D eigenvalue weighted by Gasteiger charge is -2.27. The van der Waals surface area contributed by atoms with Gasteiger partial charge in [0.05, 0.1) is 22.1 Å². The van der Waals surface area contributed by atoms with E-state index in [2.05, 4.69) is 20.4 Å². The third kappa shape index (κ3) is 3.85. The third-order valence-corrected chi connectivity index (χ3v) is 8.10. The number of rotatable bonds is 5. The van der Waals surface area contributed by atoms with Gasteiger partial charge in [-0.15, -0.1) is 11.3 Å². The van der Waals surface area contributed by atoms with E-state index in [1.165, 1.54) is 29.7 Å². The molecule has 0 radical (unpaired) electrons. The van der Waals surface area contributed by atoms with Gasteiger partial charge in [-0.25, -0.2) is 18.9 Å². The van der Waals surface area contributed by atoms with Crippen LogP contribution in [0.25, 0.3) is 16.1 Å². The van der Waals surface area contributed by atoms with Gasteiger partial charge in [-0.3, -0.25) is 9.59 Å². The van der Waals surface area contributed by atoms with Crippen LogP contribution >= 0.6 is 11.3 Å². The van der Waals surface area contributed by atoms with Gasteiger partial charge in [-0.2, -0.15) is 5.10 Å². The smallest absolute Gasteiger partial charge is 0.274 e. The zero-order chi connectivity index (χ0) is 25.1. The molecule has 4 heterocycles. The lowest BCUT2D eigenvalue weighted by molar-refractivity contribution is 0.0690. The van der Waals surface area contributed by atoms with Crippen molar-refractivity contribution in [2.24, 2.45) is 11.8 Å². The van der Waals surface area contributed by atoms with E-state index in [4.69, 9.17) is 0 Å². The zero-order valence-electron chi connectivity index (χ0n) is 20.2. The molecule has 1 aliphatic heterocycles. The number of aryl methyl sites for hydroxylation is 3. The highest BCUT2D eigenvalue weighted by Gasteiger charge is 2.54. The maximum atomic E-state index is 13.9. The molecule has 2 amide bonds. The van der Waals surface area contributed by atoms with Crippen molar-refractivity contribution < 1.29 is 14.0 Å². The summed E-state index contributed by atoms with van der Waals surface area (Å²) < 4.78 is 15.5. The average Bonchev–Trinajstić information content (AvgIpc) is 3.16. The van der Waals surface area contributed by atoms with E-state index >= 15 is 0 Å². The Kier molecular flexibility index (Phi) is 5.36. The summed E-state index contributed by atoms with van der Waals surface area (Å²) >= 11 is 1.39. The van der Waals surface area contributed by atoms with Crippen molar-refractivity contribution in [3.63, 3.8) is 0 Å². The van der Waals surface area contributed by atoms with Crippen molar-refractivity contribution in [2.45, 2.75) is 33.2 Å². The van der Waals surface area contributed by atoms with E-state index in [1.54, 1.807) is 16.6 Å². The van der Waals surface area contributed by atoms with Crippen LogP contribution in [0.1, 0.15) is 43.7 Å². The number of carbonyl (C=O) groups excluding carboxylic acids is 2. The van der Waals surface area contributed by atoms with E-state index < -0.39 is 0 Å². The minimum absolute atomic E-state index is 0.118. The Morgan fingerprint density at radius 3 is 2.83 bits per heavy atom. The largest absolute Gasteiger partial charge is 0.350 e. The van der Waals surface area contributed by atoms with E-state index in [0.717, 1.165) is 22.8 Å². The summed E-state index contributed by atoms with van der Waals surface area (Å²) in [6, 6.07) is 8.03. The van der Waals surface area contributed by atoms with Crippen LogP contribution < -0.4 is 5.32 Å². The number of thiazole rings is 1. The van der Waals surface area contributed by atoms with Crippen molar-refractivity contribution in [3.8, 4) is 10.4 Å². The molecule has 2 fully saturated rings. The third-order valence-electron chi connectivity index (χ3n) is 7.08. The van der Waals surface area contributed by atoms with Crippen molar-refractivity contribution in [3.05, 3.63) is 70.0 Å². The fourth-order valence-corrected chi connectivity index (χ4v) is 6.23. The molecule has 36 heavy (non-hydrogen) atoms. The van der Waals surface area contributed by atoms with Crippen molar-refractivity contribution in [1.29, 1.82) is 0 Å². The Labute approximate surface area is 211 Å². The number of hydrogen-bond acceptors (Lipinski definition) is 6. The molecule has 4 aromatic rings. The summed E-state index contributed by atoms with van der Waals surface area (Å²) in [6.45, 7) is 6.63. The van der Waals surface area contributed by atoms with Gasteiger partial charge in [0.25, 0.3) is 11.8 Å². The fourth-order valence-electron chi connectivity index (χ4n) is 5.32. The fraction of sp³-hybridized carbons (Fsp3) is 0.346. The van der Waals surface area contributed by atoms with Gasteiger partial charge in [-0.1, -0.05) is 12.1 Å². The Morgan fingerprint density at radius 1 is 1.19 bits per heavy atom. The van der Waals surface area contributed by atoms with Crippen LogP contribution in [0.5, 0.6) is 0 Å². The first-order valence-corrected chi connectivity index (χ1v) is 12.8. The molecule has 184 valence electrons. The lowest BCUT2D eigenvalue weighted by atomic mass is 10.1. The van der Waals surface area contributed by atoms with Gasteiger partial charge < -0.3 is 10.2 Å². The van der Waals surface area contributed by atoms with Gasteiger partial charge in [0.15, 0.2) is 5.65 Å². The molecule has 1 saturated heterocycles. The summed E-state index contributed by atoms with van der Waals surface area (Å²) in [5.41, 5.74) is 3.64. The van der Waals surface area contributed by atoms with Crippen LogP contribution in [0.2, 0.25) is 0 Å². The Balaban J connectivity index is 1.23. The molecule has 8 nitrogen and oxygen atoms in total. The second kappa shape index (κ2) is 8.48. The molecule has 0 spiro atoms. The van der Waals surface area contributed by atoms with E-state index in [-0.39, 0.29) is 23.7 Å². The minimum Gasteiger partial charge on any atom is -0.350 e. The number of fused-ring (bicyclic) bond motifs is 2. The molecule has 2 aliphatic rings. The van der Waals surface area contributed by atoms with Crippen LogP contribution in [-0.4, -0.2) is 55.4 Å². The highest BCUT2D eigenvalue weighted by atomic mass is 32.1. The topological polar surface area (TPSA) is 92.5 Å². The second-order valence-corrected chi connectivity index (χ2v) is 10.9. The lowest BCUT2D eigenvalue weighted by Crippen LogP contribution is -2.45. The predicted molar refractivity (Wildman–Crippen MR) is 133 cm³/mol. The Hall–Kier alpha value is -3.66. The van der Waals surface area contributed by atoms with E-state index in [0.29, 0.717) is 52.3 Å². The number of halogens is 1. The maximum Gasteiger partial charge on any atom is 0.274 e. The average molecular weight is 505 g/mol. The quantitative estimate of drug-likeness (QED) is 0.446. The first-order valence-electron chi connectivity index (χ1n) is 11.9. The Morgan fingerprint density at radius 2 is 2.03 bits per heavy atom. The van der Waals surface area contributed by atoms with Crippen LogP contribution in [-0.2, 0) is 0 Å². The number of amides is 2. The molecule has 3 aromatic heterocycles. The molecule has 3 atom stereocenters. The highest BCUT2D eigenvalue weighted by molar-refractivity contribution is 7.15. The monoisotopic (exact) mass is 504 g/mol.